The van der Waals surface area contributed by atoms with Crippen LogP contribution >= 0.6 is 0 Å². The van der Waals surface area contributed by atoms with E-state index in [0.29, 0.717) is 12.0 Å². The van der Waals surface area contributed by atoms with Gasteiger partial charge in [-0.2, -0.15) is 0 Å². The maximum atomic E-state index is 10.8. The highest BCUT2D eigenvalue weighted by Gasteiger charge is 2.26. The Hall–Kier alpha value is -1.73. The Bertz CT molecular complexity index is 553. The van der Waals surface area contributed by atoms with Crippen LogP contribution in [-0.2, 0) is 4.74 Å². The van der Waals surface area contributed by atoms with Crippen molar-refractivity contribution >= 4 is 11.5 Å². The smallest absolute Gasteiger partial charge is 0.287 e. The van der Waals surface area contributed by atoms with Crippen molar-refractivity contribution in [2.75, 3.05) is 38.2 Å². The molecule has 0 unspecified atom stereocenters. The van der Waals surface area contributed by atoms with Gasteiger partial charge in [-0.3, -0.25) is 10.1 Å². The molecule has 2 heterocycles. The molecule has 24 heavy (non-hydrogen) atoms. The minimum atomic E-state index is -0.410. The number of nitro groups is 1. The number of aryl methyl sites for hydroxylation is 1. The van der Waals surface area contributed by atoms with Gasteiger partial charge in [0.2, 0.25) is 0 Å². The lowest BCUT2D eigenvalue weighted by molar-refractivity contribution is -0.385. The number of likely N-dealkylation sites (tertiary alicyclic amines) is 1. The van der Waals surface area contributed by atoms with E-state index in [1.807, 2.05) is 13.8 Å². The third-order valence-corrected chi connectivity index (χ3v) is 4.55. The molecular weight excluding hydrogens is 308 g/mol. The Morgan fingerprint density at radius 1 is 1.54 bits per heavy atom. The molecule has 0 radical (unpaired) electrons. The van der Waals surface area contributed by atoms with Gasteiger partial charge < -0.3 is 15.0 Å². The SMILES string of the molecule is CCOCCCN1CC[C@H](Nc2ncc([N+](=O)[O-])cc2C)[C@@H](C)C1. The second-order valence-electron chi connectivity index (χ2n) is 6.48. The van der Waals surface area contributed by atoms with Crippen molar-refractivity contribution < 1.29 is 9.66 Å². The average molecular weight is 336 g/mol. The second kappa shape index (κ2) is 8.94. The molecule has 0 bridgehead atoms. The van der Waals surface area contributed by atoms with E-state index < -0.39 is 4.92 Å². The Morgan fingerprint density at radius 2 is 2.33 bits per heavy atom. The molecule has 1 aromatic rings. The zero-order valence-corrected chi connectivity index (χ0v) is 14.8. The lowest BCUT2D eigenvalue weighted by Crippen LogP contribution is -2.45. The van der Waals surface area contributed by atoms with Gasteiger partial charge in [0.05, 0.1) is 4.92 Å². The predicted octanol–water partition coefficient (Wildman–Crippen LogP) is 2.85. The third kappa shape index (κ3) is 5.14. The van der Waals surface area contributed by atoms with Crippen molar-refractivity contribution in [1.82, 2.24) is 9.88 Å². The summed E-state index contributed by atoms with van der Waals surface area (Å²) in [4.78, 5) is 17.1. The van der Waals surface area contributed by atoms with E-state index in [4.69, 9.17) is 4.74 Å². The number of aromatic nitrogens is 1. The summed E-state index contributed by atoms with van der Waals surface area (Å²) in [6.45, 7) is 10.9. The Labute approximate surface area is 143 Å². The van der Waals surface area contributed by atoms with Gasteiger partial charge >= 0.3 is 0 Å². The lowest BCUT2D eigenvalue weighted by Gasteiger charge is -2.37. The zero-order chi connectivity index (χ0) is 17.5. The first-order chi connectivity index (χ1) is 11.5. The first kappa shape index (κ1) is 18.6. The van der Waals surface area contributed by atoms with Crippen LogP contribution in [-0.4, -0.2) is 53.7 Å². The number of hydrogen-bond acceptors (Lipinski definition) is 6. The fourth-order valence-corrected chi connectivity index (χ4v) is 3.17. The van der Waals surface area contributed by atoms with Gasteiger partial charge in [-0.1, -0.05) is 6.92 Å². The summed E-state index contributed by atoms with van der Waals surface area (Å²) < 4.78 is 5.40. The number of ether oxygens (including phenoxy) is 1. The normalized spacial score (nSPS) is 21.6. The van der Waals surface area contributed by atoms with E-state index in [1.54, 1.807) is 6.07 Å². The molecule has 1 aromatic heterocycles. The third-order valence-electron chi connectivity index (χ3n) is 4.55. The molecule has 1 fully saturated rings. The highest BCUT2D eigenvalue weighted by molar-refractivity contribution is 5.49. The van der Waals surface area contributed by atoms with Crippen molar-refractivity contribution in [2.45, 2.75) is 39.7 Å². The monoisotopic (exact) mass is 336 g/mol. The van der Waals surface area contributed by atoms with Crippen LogP contribution in [0.2, 0.25) is 0 Å². The van der Waals surface area contributed by atoms with Crippen molar-refractivity contribution in [3.63, 3.8) is 0 Å². The fraction of sp³-hybridized carbons (Fsp3) is 0.706. The molecule has 0 spiro atoms. The molecule has 0 saturated carbocycles. The Balaban J connectivity index is 1.85. The summed E-state index contributed by atoms with van der Waals surface area (Å²) in [6.07, 6.45) is 3.44. The number of anilines is 1. The summed E-state index contributed by atoms with van der Waals surface area (Å²) in [5, 5.41) is 14.3. The molecule has 1 aliphatic rings. The van der Waals surface area contributed by atoms with E-state index in [-0.39, 0.29) is 5.69 Å². The van der Waals surface area contributed by atoms with Crippen LogP contribution in [0.25, 0.3) is 0 Å². The van der Waals surface area contributed by atoms with Crippen LogP contribution in [0.5, 0.6) is 0 Å². The molecule has 1 saturated heterocycles. The van der Waals surface area contributed by atoms with Gasteiger partial charge in [0.25, 0.3) is 5.69 Å². The largest absolute Gasteiger partial charge is 0.382 e. The van der Waals surface area contributed by atoms with E-state index in [9.17, 15) is 10.1 Å². The minimum Gasteiger partial charge on any atom is -0.382 e. The van der Waals surface area contributed by atoms with Gasteiger partial charge in [-0.25, -0.2) is 4.98 Å². The quantitative estimate of drug-likeness (QED) is 0.447. The predicted molar refractivity (Wildman–Crippen MR) is 94.4 cm³/mol. The van der Waals surface area contributed by atoms with Crippen molar-refractivity contribution in [2.24, 2.45) is 5.92 Å². The molecule has 2 rings (SSSR count). The number of nitrogens with zero attached hydrogens (tertiary/aromatic N) is 3. The summed E-state index contributed by atoms with van der Waals surface area (Å²) in [7, 11) is 0. The highest BCUT2D eigenvalue weighted by atomic mass is 16.6. The molecule has 7 heteroatoms. The van der Waals surface area contributed by atoms with Crippen LogP contribution in [0, 0.1) is 23.0 Å². The van der Waals surface area contributed by atoms with Crippen LogP contribution in [0.4, 0.5) is 11.5 Å². The first-order valence-corrected chi connectivity index (χ1v) is 8.69. The first-order valence-electron chi connectivity index (χ1n) is 8.69. The Kier molecular flexibility index (Phi) is 6.93. The molecule has 0 aliphatic carbocycles. The van der Waals surface area contributed by atoms with Gasteiger partial charge in [-0.15, -0.1) is 0 Å². The van der Waals surface area contributed by atoms with Crippen molar-refractivity contribution in [1.29, 1.82) is 0 Å². The molecule has 1 N–H and O–H groups in total. The van der Waals surface area contributed by atoms with Gasteiger partial charge in [0.1, 0.15) is 12.0 Å². The van der Waals surface area contributed by atoms with Crippen LogP contribution in [0.3, 0.4) is 0 Å². The van der Waals surface area contributed by atoms with Gasteiger partial charge in [-0.05, 0) is 38.2 Å². The molecule has 1 aliphatic heterocycles. The zero-order valence-electron chi connectivity index (χ0n) is 14.8. The van der Waals surface area contributed by atoms with E-state index in [1.165, 1.54) is 6.20 Å². The molecule has 0 aromatic carbocycles. The summed E-state index contributed by atoms with van der Waals surface area (Å²) in [5.74, 6) is 1.25. The molecule has 7 nitrogen and oxygen atoms in total. The number of piperidine rings is 1. The standard InChI is InChI=1S/C17H28N4O3/c1-4-24-9-5-7-20-8-6-16(14(3)12-20)19-17-13(2)10-15(11-18-17)21(22)23/h10-11,14,16H,4-9,12H2,1-3H3,(H,18,19)/t14-,16-/m0/s1. The molecule has 0 amide bonds. The van der Waals surface area contributed by atoms with Crippen LogP contribution in [0.1, 0.15) is 32.3 Å². The Morgan fingerprint density at radius 3 is 2.96 bits per heavy atom. The maximum absolute atomic E-state index is 10.8. The van der Waals surface area contributed by atoms with Crippen molar-refractivity contribution in [3.05, 3.63) is 27.9 Å². The number of pyridine rings is 1. The van der Waals surface area contributed by atoms with Crippen LogP contribution in [0.15, 0.2) is 12.3 Å². The van der Waals surface area contributed by atoms with E-state index in [0.717, 1.165) is 57.1 Å². The van der Waals surface area contributed by atoms with E-state index >= 15 is 0 Å². The second-order valence-corrected chi connectivity index (χ2v) is 6.48. The number of nitrogens with one attached hydrogen (secondary N) is 1. The minimum absolute atomic E-state index is 0.0372. The summed E-state index contributed by atoms with van der Waals surface area (Å²) in [5.41, 5.74) is 0.853. The summed E-state index contributed by atoms with van der Waals surface area (Å²) in [6, 6.07) is 1.92. The van der Waals surface area contributed by atoms with Crippen LogP contribution < -0.4 is 5.32 Å². The average Bonchev–Trinajstić information content (AvgIpc) is 2.55. The topological polar surface area (TPSA) is 80.5 Å². The lowest BCUT2D eigenvalue weighted by atomic mass is 9.93. The maximum Gasteiger partial charge on any atom is 0.287 e. The highest BCUT2D eigenvalue weighted by Crippen LogP contribution is 2.24. The number of rotatable bonds is 8. The fourth-order valence-electron chi connectivity index (χ4n) is 3.17. The molecular formula is C17H28N4O3. The van der Waals surface area contributed by atoms with Gasteiger partial charge in [0.15, 0.2) is 0 Å². The number of hydrogen-bond donors (Lipinski definition) is 1. The van der Waals surface area contributed by atoms with E-state index in [2.05, 4.69) is 22.1 Å². The van der Waals surface area contributed by atoms with Crippen molar-refractivity contribution in [3.8, 4) is 0 Å². The molecule has 134 valence electrons. The summed E-state index contributed by atoms with van der Waals surface area (Å²) >= 11 is 0. The van der Waals surface area contributed by atoms with Gasteiger partial charge in [0, 0.05) is 45.0 Å². The molecule has 2 atom stereocenters.